The van der Waals surface area contributed by atoms with E-state index in [0.717, 1.165) is 47.5 Å². The highest BCUT2D eigenvalue weighted by Crippen LogP contribution is 2.30. The number of carbonyl (C=O) groups excluding carboxylic acids is 2. The number of fused-ring (bicyclic) bond motifs is 1. The molecule has 0 atom stereocenters. The first-order valence-electron chi connectivity index (χ1n) is 8.51. The Labute approximate surface area is 161 Å². The van der Waals surface area contributed by atoms with Gasteiger partial charge in [0.25, 0.3) is 5.24 Å². The number of thioether (sulfide) groups is 1. The number of amides is 2. The molecule has 3 rings (SSSR count). The largest absolute Gasteiger partial charge is 0.323 e. The van der Waals surface area contributed by atoms with Gasteiger partial charge in [-0.2, -0.15) is 5.26 Å². The van der Waals surface area contributed by atoms with Gasteiger partial charge in [0.1, 0.15) is 5.82 Å². The molecule has 0 saturated carbocycles. The summed E-state index contributed by atoms with van der Waals surface area (Å²) in [7, 11) is 0. The fraction of sp³-hybridized carbons (Fsp3) is 0.250. The summed E-state index contributed by atoms with van der Waals surface area (Å²) in [6, 6.07) is 11.6. The molecular formula is C20H18FN3O2S. The molecule has 0 unspecified atom stereocenters. The molecule has 7 heteroatoms. The van der Waals surface area contributed by atoms with Gasteiger partial charge in [-0.25, -0.2) is 4.39 Å². The van der Waals surface area contributed by atoms with E-state index >= 15 is 0 Å². The lowest BCUT2D eigenvalue weighted by molar-refractivity contribution is -0.113. The molecule has 1 N–H and O–H groups in total. The van der Waals surface area contributed by atoms with Crippen molar-refractivity contribution in [3.05, 3.63) is 58.9 Å². The summed E-state index contributed by atoms with van der Waals surface area (Å²) in [4.78, 5) is 26.3. The second-order valence-electron chi connectivity index (χ2n) is 6.30. The maximum Gasteiger partial charge on any atom is 0.286 e. The lowest BCUT2D eigenvalue weighted by Crippen LogP contribution is -2.33. The van der Waals surface area contributed by atoms with Crippen LogP contribution in [0.5, 0.6) is 0 Å². The fourth-order valence-corrected chi connectivity index (χ4v) is 3.67. The van der Waals surface area contributed by atoms with Gasteiger partial charge >= 0.3 is 0 Å². The molecule has 5 nitrogen and oxygen atoms in total. The Morgan fingerprint density at radius 2 is 2.11 bits per heavy atom. The Hall–Kier alpha value is -2.85. The molecule has 1 aliphatic rings. The van der Waals surface area contributed by atoms with E-state index in [-0.39, 0.29) is 22.2 Å². The Bertz CT molecular complexity index is 939. The average Bonchev–Trinajstić information content (AvgIpc) is 2.66. The van der Waals surface area contributed by atoms with Crippen molar-refractivity contribution >= 4 is 34.3 Å². The number of aryl methyl sites for hydroxylation is 2. The number of nitriles is 1. The van der Waals surface area contributed by atoms with Crippen LogP contribution < -0.4 is 10.2 Å². The SMILES string of the molecule is Cc1ccc2c(c1)CCCN2C(=O)SCC(=O)Nc1ccc(C#N)cc1F. The number of carbonyl (C=O) groups is 2. The van der Waals surface area contributed by atoms with Crippen molar-refractivity contribution in [1.29, 1.82) is 5.26 Å². The van der Waals surface area contributed by atoms with Crippen molar-refractivity contribution in [3.63, 3.8) is 0 Å². The zero-order valence-corrected chi connectivity index (χ0v) is 15.6. The Morgan fingerprint density at radius 1 is 1.30 bits per heavy atom. The predicted molar refractivity (Wildman–Crippen MR) is 104 cm³/mol. The van der Waals surface area contributed by atoms with Gasteiger partial charge in [0, 0.05) is 12.2 Å². The van der Waals surface area contributed by atoms with Crippen LogP contribution in [0.4, 0.5) is 20.6 Å². The van der Waals surface area contributed by atoms with Gasteiger partial charge < -0.3 is 10.2 Å². The number of hydrogen-bond acceptors (Lipinski definition) is 4. The van der Waals surface area contributed by atoms with Crippen molar-refractivity contribution in [2.45, 2.75) is 19.8 Å². The third kappa shape index (κ3) is 4.47. The number of anilines is 2. The Kier molecular flexibility index (Phi) is 5.77. The summed E-state index contributed by atoms with van der Waals surface area (Å²) >= 11 is 0.892. The maximum atomic E-state index is 13.8. The quantitative estimate of drug-likeness (QED) is 0.860. The van der Waals surface area contributed by atoms with Gasteiger partial charge in [-0.15, -0.1) is 0 Å². The van der Waals surface area contributed by atoms with Gasteiger partial charge in [0.2, 0.25) is 5.91 Å². The summed E-state index contributed by atoms with van der Waals surface area (Å²) in [6.07, 6.45) is 1.81. The molecule has 0 spiro atoms. The highest BCUT2D eigenvalue weighted by atomic mass is 32.2. The molecule has 27 heavy (non-hydrogen) atoms. The highest BCUT2D eigenvalue weighted by molar-refractivity contribution is 8.14. The van der Waals surface area contributed by atoms with Crippen molar-refractivity contribution in [2.24, 2.45) is 0 Å². The van der Waals surface area contributed by atoms with Crippen LogP contribution in [0.3, 0.4) is 0 Å². The second-order valence-corrected chi connectivity index (χ2v) is 7.22. The topological polar surface area (TPSA) is 73.2 Å². The van der Waals surface area contributed by atoms with E-state index in [0.29, 0.717) is 6.54 Å². The van der Waals surface area contributed by atoms with Crippen LogP contribution in [0, 0.1) is 24.1 Å². The number of halogens is 1. The van der Waals surface area contributed by atoms with Crippen molar-refractivity contribution in [1.82, 2.24) is 0 Å². The molecule has 1 heterocycles. The van der Waals surface area contributed by atoms with Crippen LogP contribution in [0.25, 0.3) is 0 Å². The lowest BCUT2D eigenvalue weighted by atomic mass is 10.0. The number of hydrogen-bond donors (Lipinski definition) is 1. The Morgan fingerprint density at radius 3 is 2.85 bits per heavy atom. The standard InChI is InChI=1S/C20H18FN3O2S/c1-13-4-7-18-15(9-13)3-2-8-24(18)20(26)27-12-19(25)23-17-6-5-14(11-22)10-16(17)21/h4-7,9-10H,2-3,8,12H2,1H3,(H,23,25). The molecule has 0 aliphatic carbocycles. The molecule has 0 saturated heterocycles. The van der Waals surface area contributed by atoms with E-state index in [1.165, 1.54) is 12.1 Å². The van der Waals surface area contributed by atoms with Crippen LogP contribution in [-0.4, -0.2) is 23.4 Å². The Balaban J connectivity index is 1.60. The van der Waals surface area contributed by atoms with E-state index in [4.69, 9.17) is 5.26 Å². The third-order valence-electron chi connectivity index (χ3n) is 4.27. The number of nitrogens with one attached hydrogen (secondary N) is 1. The van der Waals surface area contributed by atoms with Gasteiger partial charge in [-0.1, -0.05) is 29.5 Å². The predicted octanol–water partition coefficient (Wildman–Crippen LogP) is 4.25. The molecule has 0 fully saturated rings. The van der Waals surface area contributed by atoms with E-state index in [1.54, 1.807) is 4.90 Å². The number of benzene rings is 2. The van der Waals surface area contributed by atoms with Crippen molar-refractivity contribution < 1.29 is 14.0 Å². The smallest absolute Gasteiger partial charge is 0.286 e. The second kappa shape index (κ2) is 8.23. The normalized spacial score (nSPS) is 12.9. The monoisotopic (exact) mass is 383 g/mol. The van der Waals surface area contributed by atoms with Gasteiger partial charge in [0.05, 0.1) is 23.1 Å². The minimum Gasteiger partial charge on any atom is -0.323 e. The van der Waals surface area contributed by atoms with Gasteiger partial charge in [0.15, 0.2) is 0 Å². The number of rotatable bonds is 3. The molecular weight excluding hydrogens is 365 g/mol. The van der Waals surface area contributed by atoms with Crippen molar-refractivity contribution in [3.8, 4) is 6.07 Å². The zero-order valence-electron chi connectivity index (χ0n) is 14.8. The van der Waals surface area contributed by atoms with Gasteiger partial charge in [-0.05, 0) is 49.6 Å². The fourth-order valence-electron chi connectivity index (χ4n) is 2.99. The van der Waals surface area contributed by atoms with Crippen molar-refractivity contribution in [2.75, 3.05) is 22.5 Å². The molecule has 2 aromatic rings. The van der Waals surface area contributed by atoms with E-state index < -0.39 is 11.7 Å². The molecule has 138 valence electrons. The summed E-state index contributed by atoms with van der Waals surface area (Å²) in [5.74, 6) is -1.27. The summed E-state index contributed by atoms with van der Waals surface area (Å²) in [5.41, 5.74) is 3.35. The molecule has 2 amide bonds. The molecule has 0 radical (unpaired) electrons. The van der Waals surface area contributed by atoms with Crippen LogP contribution in [0.15, 0.2) is 36.4 Å². The first kappa shape index (κ1) is 18.9. The van der Waals surface area contributed by atoms with Crippen LogP contribution in [0.1, 0.15) is 23.1 Å². The summed E-state index contributed by atoms with van der Waals surface area (Å²) < 4.78 is 13.8. The zero-order chi connectivity index (χ0) is 19.4. The van der Waals surface area contributed by atoms with Crippen LogP contribution >= 0.6 is 11.8 Å². The minimum absolute atomic E-state index is 0.00848. The summed E-state index contributed by atoms with van der Waals surface area (Å²) in [5, 5.41) is 11.0. The molecule has 0 bridgehead atoms. The van der Waals surface area contributed by atoms with Crippen LogP contribution in [-0.2, 0) is 11.2 Å². The summed E-state index contributed by atoms with van der Waals surface area (Å²) in [6.45, 7) is 2.64. The first-order chi connectivity index (χ1) is 13.0. The molecule has 1 aliphatic heterocycles. The van der Waals surface area contributed by atoms with E-state index in [9.17, 15) is 14.0 Å². The molecule has 2 aromatic carbocycles. The number of nitrogens with zero attached hydrogens (tertiary/aromatic N) is 2. The lowest BCUT2D eigenvalue weighted by Gasteiger charge is -2.29. The average molecular weight is 383 g/mol. The van der Waals surface area contributed by atoms with E-state index in [2.05, 4.69) is 11.4 Å². The minimum atomic E-state index is -0.681. The van der Waals surface area contributed by atoms with Crippen LogP contribution in [0.2, 0.25) is 0 Å². The molecule has 0 aromatic heterocycles. The third-order valence-corrected chi connectivity index (χ3v) is 5.15. The van der Waals surface area contributed by atoms with E-state index in [1.807, 2.05) is 25.1 Å². The highest BCUT2D eigenvalue weighted by Gasteiger charge is 2.23. The maximum absolute atomic E-state index is 13.8. The first-order valence-corrected chi connectivity index (χ1v) is 9.50. The van der Waals surface area contributed by atoms with Gasteiger partial charge in [-0.3, -0.25) is 9.59 Å².